The minimum atomic E-state index is -0.577. The van der Waals surface area contributed by atoms with Crippen LogP contribution in [0.25, 0.3) is 0 Å². The van der Waals surface area contributed by atoms with Crippen molar-refractivity contribution in [3.05, 3.63) is 0 Å². The lowest BCUT2D eigenvalue weighted by atomic mass is 9.75. The number of hydrogen-bond donors (Lipinski definition) is 1. The van der Waals surface area contributed by atoms with Crippen LogP contribution in [0.2, 0.25) is 0 Å². The maximum Gasteiger partial charge on any atom is 0.309 e. The van der Waals surface area contributed by atoms with Crippen LogP contribution in [0.5, 0.6) is 0 Å². The van der Waals surface area contributed by atoms with Crippen LogP contribution in [0.4, 0.5) is 0 Å². The summed E-state index contributed by atoms with van der Waals surface area (Å²) in [5, 5.41) is 9.46. The van der Waals surface area contributed by atoms with Crippen LogP contribution >= 0.6 is 0 Å². The molecular formula is C15H29NO2. The minimum absolute atomic E-state index is 0.431. The largest absolute Gasteiger partial charge is 0.481 e. The average molecular weight is 255 g/mol. The van der Waals surface area contributed by atoms with Gasteiger partial charge in [0.2, 0.25) is 0 Å². The predicted molar refractivity (Wildman–Crippen MR) is 74.7 cm³/mol. The lowest BCUT2D eigenvalue weighted by Gasteiger charge is -2.40. The first kappa shape index (κ1) is 15.5. The van der Waals surface area contributed by atoms with Crippen molar-refractivity contribution in [2.24, 2.45) is 11.3 Å². The number of carboxylic acids is 1. The maximum absolute atomic E-state index is 11.5. The number of carbonyl (C=O) groups is 1. The molecule has 0 radical (unpaired) electrons. The van der Waals surface area contributed by atoms with Crippen molar-refractivity contribution in [3.63, 3.8) is 0 Å². The van der Waals surface area contributed by atoms with Gasteiger partial charge in [-0.1, -0.05) is 40.0 Å². The molecule has 106 valence electrons. The second-order valence-electron chi connectivity index (χ2n) is 5.82. The number of rotatable bonds is 7. The highest BCUT2D eigenvalue weighted by Crippen LogP contribution is 2.36. The average Bonchev–Trinajstić information content (AvgIpc) is 2.38. The Morgan fingerprint density at radius 3 is 2.17 bits per heavy atom. The molecule has 0 aliphatic carbocycles. The van der Waals surface area contributed by atoms with Gasteiger partial charge in [0.25, 0.3) is 0 Å². The number of aliphatic carboxylic acids is 1. The Bertz CT molecular complexity index is 253. The van der Waals surface area contributed by atoms with Crippen LogP contribution in [-0.2, 0) is 4.79 Å². The van der Waals surface area contributed by atoms with Crippen LogP contribution in [0.15, 0.2) is 0 Å². The number of piperidine rings is 1. The van der Waals surface area contributed by atoms with Gasteiger partial charge < -0.3 is 10.0 Å². The Kier molecular flexibility index (Phi) is 6.13. The fraction of sp³-hybridized carbons (Fsp3) is 0.933. The fourth-order valence-electron chi connectivity index (χ4n) is 3.13. The summed E-state index contributed by atoms with van der Waals surface area (Å²) in [5.41, 5.74) is -0.431. The van der Waals surface area contributed by atoms with E-state index in [1.165, 1.54) is 12.8 Å². The standard InChI is InChI=1S/C15H29NO2/c1-4-7-15(14(17)18)8-10-16(11-9-15)12-13(5-2)6-3/h13H,4-12H2,1-3H3,(H,17,18). The van der Waals surface area contributed by atoms with Gasteiger partial charge in [-0.05, 0) is 38.3 Å². The van der Waals surface area contributed by atoms with Gasteiger partial charge in [0.15, 0.2) is 0 Å². The molecule has 0 aromatic heterocycles. The van der Waals surface area contributed by atoms with Crippen molar-refractivity contribution in [3.8, 4) is 0 Å². The zero-order valence-corrected chi connectivity index (χ0v) is 12.2. The van der Waals surface area contributed by atoms with E-state index in [4.69, 9.17) is 0 Å². The third-order valence-corrected chi connectivity index (χ3v) is 4.67. The first-order valence-electron chi connectivity index (χ1n) is 7.53. The summed E-state index contributed by atoms with van der Waals surface area (Å²) < 4.78 is 0. The fourth-order valence-corrected chi connectivity index (χ4v) is 3.13. The molecule has 3 heteroatoms. The Hall–Kier alpha value is -0.570. The highest BCUT2D eigenvalue weighted by molar-refractivity contribution is 5.74. The number of hydrogen-bond acceptors (Lipinski definition) is 2. The first-order chi connectivity index (χ1) is 8.57. The normalized spacial score (nSPS) is 20.2. The summed E-state index contributed by atoms with van der Waals surface area (Å²) >= 11 is 0. The number of nitrogens with zero attached hydrogens (tertiary/aromatic N) is 1. The van der Waals surface area contributed by atoms with E-state index in [2.05, 4.69) is 25.7 Å². The minimum Gasteiger partial charge on any atom is -0.481 e. The molecule has 0 aromatic rings. The van der Waals surface area contributed by atoms with Gasteiger partial charge in [0.1, 0.15) is 0 Å². The molecule has 0 saturated carbocycles. The van der Waals surface area contributed by atoms with Gasteiger partial charge in [-0.2, -0.15) is 0 Å². The molecule has 0 bridgehead atoms. The van der Waals surface area contributed by atoms with E-state index in [1.54, 1.807) is 0 Å². The van der Waals surface area contributed by atoms with Crippen LogP contribution in [-0.4, -0.2) is 35.6 Å². The molecule has 0 spiro atoms. The third-order valence-electron chi connectivity index (χ3n) is 4.67. The van der Waals surface area contributed by atoms with E-state index in [9.17, 15) is 9.90 Å². The highest BCUT2D eigenvalue weighted by Gasteiger charge is 2.40. The monoisotopic (exact) mass is 255 g/mol. The Balaban J connectivity index is 2.50. The van der Waals surface area contributed by atoms with Gasteiger partial charge in [0.05, 0.1) is 5.41 Å². The summed E-state index contributed by atoms with van der Waals surface area (Å²) in [7, 11) is 0. The first-order valence-corrected chi connectivity index (χ1v) is 7.53. The molecule has 3 nitrogen and oxygen atoms in total. The van der Waals surface area contributed by atoms with Crippen molar-refractivity contribution in [2.75, 3.05) is 19.6 Å². The molecule has 1 aliphatic rings. The molecule has 1 N–H and O–H groups in total. The van der Waals surface area contributed by atoms with Crippen molar-refractivity contribution >= 4 is 5.97 Å². The summed E-state index contributed by atoms with van der Waals surface area (Å²) in [6.45, 7) is 9.65. The van der Waals surface area contributed by atoms with Gasteiger partial charge in [-0.3, -0.25) is 4.79 Å². The summed E-state index contributed by atoms with van der Waals surface area (Å²) in [6.07, 6.45) is 5.92. The Morgan fingerprint density at radius 1 is 1.22 bits per heavy atom. The molecule has 0 aromatic carbocycles. The second kappa shape index (κ2) is 7.13. The Morgan fingerprint density at radius 2 is 1.78 bits per heavy atom. The molecule has 0 atom stereocenters. The topological polar surface area (TPSA) is 40.5 Å². The van der Waals surface area contributed by atoms with Crippen LogP contribution in [0, 0.1) is 11.3 Å². The molecule has 0 unspecified atom stereocenters. The Labute approximate surface area is 112 Å². The molecule has 1 rings (SSSR count). The zero-order valence-electron chi connectivity index (χ0n) is 12.2. The van der Waals surface area contributed by atoms with Crippen LogP contribution in [0.3, 0.4) is 0 Å². The van der Waals surface area contributed by atoms with Gasteiger partial charge in [-0.25, -0.2) is 0 Å². The van der Waals surface area contributed by atoms with E-state index >= 15 is 0 Å². The molecule has 0 amide bonds. The molecule has 1 aliphatic heterocycles. The van der Waals surface area contributed by atoms with Crippen molar-refractivity contribution in [2.45, 2.75) is 59.3 Å². The summed E-state index contributed by atoms with van der Waals surface area (Å²) in [6, 6.07) is 0. The maximum atomic E-state index is 11.5. The summed E-state index contributed by atoms with van der Waals surface area (Å²) in [4.78, 5) is 14.0. The SMILES string of the molecule is CCCC1(C(=O)O)CCN(CC(CC)CC)CC1. The van der Waals surface area contributed by atoms with E-state index in [-0.39, 0.29) is 0 Å². The van der Waals surface area contributed by atoms with Crippen molar-refractivity contribution in [1.82, 2.24) is 4.90 Å². The quantitative estimate of drug-likeness (QED) is 0.758. The second-order valence-corrected chi connectivity index (χ2v) is 5.82. The highest BCUT2D eigenvalue weighted by atomic mass is 16.4. The predicted octanol–water partition coefficient (Wildman–Crippen LogP) is 3.39. The smallest absolute Gasteiger partial charge is 0.309 e. The van der Waals surface area contributed by atoms with Crippen LogP contribution < -0.4 is 0 Å². The summed E-state index contributed by atoms with van der Waals surface area (Å²) in [5.74, 6) is 0.194. The van der Waals surface area contributed by atoms with Crippen molar-refractivity contribution < 1.29 is 9.90 Å². The van der Waals surface area contributed by atoms with Gasteiger partial charge in [0, 0.05) is 6.54 Å². The van der Waals surface area contributed by atoms with E-state index < -0.39 is 11.4 Å². The molecule has 1 fully saturated rings. The molecule has 1 heterocycles. The van der Waals surface area contributed by atoms with Crippen molar-refractivity contribution in [1.29, 1.82) is 0 Å². The number of carboxylic acid groups (broad SMARTS) is 1. The third kappa shape index (κ3) is 3.71. The molecule has 1 saturated heterocycles. The lowest BCUT2D eigenvalue weighted by Crippen LogP contribution is -2.45. The van der Waals surface area contributed by atoms with Gasteiger partial charge >= 0.3 is 5.97 Å². The zero-order chi connectivity index (χ0) is 13.6. The van der Waals surface area contributed by atoms with Crippen LogP contribution in [0.1, 0.15) is 59.3 Å². The molecular weight excluding hydrogens is 226 g/mol. The molecule has 18 heavy (non-hydrogen) atoms. The van der Waals surface area contributed by atoms with E-state index in [0.717, 1.165) is 51.2 Å². The van der Waals surface area contributed by atoms with E-state index in [1.807, 2.05) is 0 Å². The van der Waals surface area contributed by atoms with E-state index in [0.29, 0.717) is 0 Å². The number of likely N-dealkylation sites (tertiary alicyclic amines) is 1. The lowest BCUT2D eigenvalue weighted by molar-refractivity contribution is -0.152. The van der Waals surface area contributed by atoms with Gasteiger partial charge in [-0.15, -0.1) is 0 Å².